The summed E-state index contributed by atoms with van der Waals surface area (Å²) in [6.07, 6.45) is 3.41. The number of carboxylic acid groups (broad SMARTS) is 1. The molecular formula is C15H20O6S. The Bertz CT molecular complexity index is 686. The van der Waals surface area contributed by atoms with Crippen molar-refractivity contribution in [2.45, 2.75) is 36.0 Å². The lowest BCUT2D eigenvalue weighted by Gasteiger charge is -2.27. The topological polar surface area (TPSA) is 89.9 Å². The third kappa shape index (κ3) is 2.65. The fourth-order valence-electron chi connectivity index (χ4n) is 3.12. The molecule has 1 saturated carbocycles. The Kier molecular flexibility index (Phi) is 4.37. The van der Waals surface area contributed by atoms with Gasteiger partial charge in [-0.25, -0.2) is 8.42 Å². The summed E-state index contributed by atoms with van der Waals surface area (Å²) in [5, 5.41) is 9.73. The van der Waals surface area contributed by atoms with Crippen LogP contribution in [0.15, 0.2) is 17.0 Å². The van der Waals surface area contributed by atoms with Crippen molar-refractivity contribution in [3.05, 3.63) is 17.7 Å². The Balaban J connectivity index is 2.80. The minimum absolute atomic E-state index is 0.00514. The zero-order valence-electron chi connectivity index (χ0n) is 12.9. The fraction of sp³-hybridized carbons (Fsp3) is 0.533. The van der Waals surface area contributed by atoms with Crippen molar-refractivity contribution in [2.24, 2.45) is 0 Å². The molecule has 0 unspecified atom stereocenters. The number of hydrogen-bond acceptors (Lipinski definition) is 5. The second kappa shape index (κ2) is 5.79. The van der Waals surface area contributed by atoms with Crippen molar-refractivity contribution >= 4 is 15.8 Å². The molecule has 0 spiro atoms. The molecule has 6 nitrogen and oxygen atoms in total. The van der Waals surface area contributed by atoms with Crippen LogP contribution in [0.5, 0.6) is 11.5 Å². The molecule has 7 heteroatoms. The van der Waals surface area contributed by atoms with Gasteiger partial charge in [0.15, 0.2) is 21.3 Å². The maximum atomic E-state index is 12.2. The Morgan fingerprint density at radius 2 is 1.64 bits per heavy atom. The number of rotatable bonds is 5. The number of methoxy groups -OCH3 is 2. The van der Waals surface area contributed by atoms with Crippen LogP contribution in [-0.4, -0.2) is 40.0 Å². The molecule has 0 bridgehead atoms. The van der Waals surface area contributed by atoms with Crippen LogP contribution in [0.3, 0.4) is 0 Å². The van der Waals surface area contributed by atoms with Gasteiger partial charge in [0, 0.05) is 12.3 Å². The minimum Gasteiger partial charge on any atom is -0.493 e. The summed E-state index contributed by atoms with van der Waals surface area (Å²) < 4.78 is 34.7. The number of carboxylic acids is 1. The molecule has 1 aromatic rings. The lowest BCUT2D eigenvalue weighted by molar-refractivity contribution is -0.143. The van der Waals surface area contributed by atoms with Crippen LogP contribution in [-0.2, 0) is 20.0 Å². The summed E-state index contributed by atoms with van der Waals surface area (Å²) in [6, 6.07) is 2.85. The molecular weight excluding hydrogens is 308 g/mol. The molecule has 1 fully saturated rings. The molecule has 0 saturated heterocycles. The second-order valence-electron chi connectivity index (χ2n) is 5.57. The van der Waals surface area contributed by atoms with E-state index in [-0.39, 0.29) is 16.2 Å². The van der Waals surface area contributed by atoms with Crippen LogP contribution in [0.4, 0.5) is 0 Å². The van der Waals surface area contributed by atoms with E-state index in [9.17, 15) is 18.3 Å². The molecule has 0 aliphatic heterocycles. The summed E-state index contributed by atoms with van der Waals surface area (Å²) in [4.78, 5) is 11.9. The molecule has 1 aliphatic carbocycles. The zero-order valence-corrected chi connectivity index (χ0v) is 13.7. The normalized spacial score (nSPS) is 17.2. The molecule has 0 amide bonds. The van der Waals surface area contributed by atoms with Crippen LogP contribution in [0.25, 0.3) is 0 Å². The number of benzene rings is 1. The van der Waals surface area contributed by atoms with Crippen LogP contribution in [0.2, 0.25) is 0 Å². The van der Waals surface area contributed by atoms with Crippen molar-refractivity contribution in [1.29, 1.82) is 0 Å². The summed E-state index contributed by atoms with van der Waals surface area (Å²) in [5.41, 5.74) is -0.893. The quantitative estimate of drug-likeness (QED) is 0.889. The van der Waals surface area contributed by atoms with Crippen LogP contribution in [0, 0.1) is 0 Å². The lowest BCUT2D eigenvalue weighted by atomic mass is 9.78. The van der Waals surface area contributed by atoms with Gasteiger partial charge >= 0.3 is 5.97 Å². The third-order valence-electron chi connectivity index (χ3n) is 4.27. The summed E-state index contributed by atoms with van der Waals surface area (Å²) in [6.45, 7) is 0. The number of ether oxygens (including phenoxy) is 2. The van der Waals surface area contributed by atoms with Crippen LogP contribution < -0.4 is 9.47 Å². The van der Waals surface area contributed by atoms with Gasteiger partial charge in [0.05, 0.1) is 24.5 Å². The van der Waals surface area contributed by atoms with Gasteiger partial charge in [0.25, 0.3) is 0 Å². The molecule has 2 rings (SSSR count). The first kappa shape index (κ1) is 16.6. The van der Waals surface area contributed by atoms with E-state index in [4.69, 9.17) is 9.47 Å². The highest BCUT2D eigenvalue weighted by Crippen LogP contribution is 2.46. The van der Waals surface area contributed by atoms with Crippen molar-refractivity contribution in [3.8, 4) is 11.5 Å². The summed E-state index contributed by atoms with van der Waals surface area (Å²) >= 11 is 0. The highest BCUT2D eigenvalue weighted by molar-refractivity contribution is 7.90. The van der Waals surface area contributed by atoms with E-state index in [1.54, 1.807) is 0 Å². The van der Waals surface area contributed by atoms with E-state index in [1.807, 2.05) is 0 Å². The van der Waals surface area contributed by atoms with Gasteiger partial charge in [-0.1, -0.05) is 12.8 Å². The maximum Gasteiger partial charge on any atom is 0.314 e. The first-order chi connectivity index (χ1) is 10.3. The SMILES string of the molecule is COc1cc(C2(C(=O)O)CCCC2)c(S(C)(=O)=O)cc1OC. The molecule has 1 aliphatic rings. The van der Waals surface area contributed by atoms with E-state index in [0.717, 1.165) is 19.1 Å². The van der Waals surface area contributed by atoms with Crippen molar-refractivity contribution in [1.82, 2.24) is 0 Å². The number of carbonyl (C=O) groups is 1. The van der Waals surface area contributed by atoms with E-state index >= 15 is 0 Å². The molecule has 1 N–H and O–H groups in total. The highest BCUT2D eigenvalue weighted by Gasteiger charge is 2.46. The fourth-order valence-corrected chi connectivity index (χ4v) is 4.09. The number of aliphatic carboxylic acids is 1. The number of hydrogen-bond donors (Lipinski definition) is 1. The predicted octanol–water partition coefficient (Wildman–Crippen LogP) is 2.00. The molecule has 0 aromatic heterocycles. The standard InChI is InChI=1S/C15H20O6S/c1-20-11-8-10(15(14(16)17)6-4-5-7-15)13(22(3,18)19)9-12(11)21-2/h8-9H,4-7H2,1-3H3,(H,16,17). The molecule has 0 heterocycles. The van der Waals surface area contributed by atoms with E-state index in [1.165, 1.54) is 26.4 Å². The van der Waals surface area contributed by atoms with Gasteiger partial charge in [-0.2, -0.15) is 0 Å². The van der Waals surface area contributed by atoms with Gasteiger partial charge in [-0.05, 0) is 24.5 Å². The Morgan fingerprint density at radius 3 is 2.05 bits per heavy atom. The van der Waals surface area contributed by atoms with Gasteiger partial charge < -0.3 is 14.6 Å². The van der Waals surface area contributed by atoms with Crippen molar-refractivity contribution < 1.29 is 27.8 Å². The molecule has 22 heavy (non-hydrogen) atoms. The zero-order chi connectivity index (χ0) is 16.5. The van der Waals surface area contributed by atoms with E-state index in [2.05, 4.69) is 0 Å². The minimum atomic E-state index is -3.60. The van der Waals surface area contributed by atoms with Gasteiger partial charge in [-0.15, -0.1) is 0 Å². The predicted molar refractivity (Wildman–Crippen MR) is 80.4 cm³/mol. The van der Waals surface area contributed by atoms with E-state index < -0.39 is 21.2 Å². The average molecular weight is 328 g/mol. The molecule has 122 valence electrons. The first-order valence-electron chi connectivity index (χ1n) is 6.96. The number of sulfone groups is 1. The Hall–Kier alpha value is -1.76. The van der Waals surface area contributed by atoms with Gasteiger partial charge in [-0.3, -0.25) is 4.79 Å². The Labute approximate surface area is 130 Å². The first-order valence-corrected chi connectivity index (χ1v) is 8.85. The third-order valence-corrected chi connectivity index (χ3v) is 5.40. The summed E-state index contributed by atoms with van der Waals surface area (Å²) in [5.74, 6) is -0.398. The van der Waals surface area contributed by atoms with Gasteiger partial charge in [0.1, 0.15) is 0 Å². The average Bonchev–Trinajstić information content (AvgIpc) is 2.95. The summed E-state index contributed by atoms with van der Waals surface area (Å²) in [7, 11) is -0.756. The largest absolute Gasteiger partial charge is 0.493 e. The van der Waals surface area contributed by atoms with E-state index in [0.29, 0.717) is 18.6 Å². The second-order valence-corrected chi connectivity index (χ2v) is 7.55. The van der Waals surface area contributed by atoms with Gasteiger partial charge in [0.2, 0.25) is 0 Å². The smallest absolute Gasteiger partial charge is 0.314 e. The van der Waals surface area contributed by atoms with Crippen molar-refractivity contribution in [3.63, 3.8) is 0 Å². The molecule has 0 atom stereocenters. The highest BCUT2D eigenvalue weighted by atomic mass is 32.2. The van der Waals surface area contributed by atoms with Crippen LogP contribution in [0.1, 0.15) is 31.2 Å². The monoisotopic (exact) mass is 328 g/mol. The van der Waals surface area contributed by atoms with Crippen molar-refractivity contribution in [2.75, 3.05) is 20.5 Å². The maximum absolute atomic E-state index is 12.2. The molecule has 1 aromatic carbocycles. The molecule has 0 radical (unpaired) electrons. The van der Waals surface area contributed by atoms with Crippen LogP contribution >= 0.6 is 0 Å². The Morgan fingerprint density at radius 1 is 1.14 bits per heavy atom. The lowest BCUT2D eigenvalue weighted by Crippen LogP contribution is -2.34.